The maximum Gasteiger partial charge on any atom is 0.220 e. The molecule has 0 aliphatic carbocycles. The Labute approximate surface area is 298 Å². The Morgan fingerprint density at radius 3 is 1.38 bits per heavy atom. The van der Waals surface area contributed by atoms with Gasteiger partial charge < -0.3 is 20.6 Å². The van der Waals surface area contributed by atoms with Crippen molar-refractivity contribution in [1.82, 2.24) is 5.32 Å². The van der Waals surface area contributed by atoms with Crippen molar-refractivity contribution >= 4 is 5.91 Å². The molecule has 0 aromatic carbocycles. The van der Waals surface area contributed by atoms with E-state index in [1.165, 1.54) is 141 Å². The van der Waals surface area contributed by atoms with Crippen LogP contribution >= 0.6 is 0 Å². The number of aliphatic hydroxyl groups is 3. The number of rotatable bonds is 37. The number of hydrogen-bond donors (Lipinski definition) is 4. The number of amides is 1. The lowest BCUT2D eigenvalue weighted by Gasteiger charge is -2.26. The van der Waals surface area contributed by atoms with Crippen LogP contribution in [0.15, 0.2) is 36.5 Å². The van der Waals surface area contributed by atoms with Crippen molar-refractivity contribution in [2.45, 2.75) is 225 Å². The van der Waals surface area contributed by atoms with Crippen molar-refractivity contribution < 1.29 is 20.1 Å². The molecule has 0 aromatic heterocycles. The van der Waals surface area contributed by atoms with Crippen LogP contribution in [-0.2, 0) is 4.79 Å². The fraction of sp³-hybridized carbons (Fsp3) is 0.837. The van der Waals surface area contributed by atoms with Crippen LogP contribution in [0, 0.1) is 0 Å². The molecule has 0 bridgehead atoms. The Morgan fingerprint density at radius 1 is 0.521 bits per heavy atom. The third-order valence-electron chi connectivity index (χ3n) is 9.49. The number of aliphatic hydroxyl groups excluding tert-OH is 3. The quantitative estimate of drug-likeness (QED) is 0.0300. The van der Waals surface area contributed by atoms with Crippen molar-refractivity contribution in [2.75, 3.05) is 6.61 Å². The van der Waals surface area contributed by atoms with Gasteiger partial charge in [-0.1, -0.05) is 172 Å². The molecule has 3 unspecified atom stereocenters. The van der Waals surface area contributed by atoms with Crippen LogP contribution in [-0.4, -0.2) is 46.1 Å². The molecule has 0 aliphatic heterocycles. The zero-order chi connectivity index (χ0) is 35.2. The number of carbonyl (C=O) groups excluding carboxylic acids is 1. The Hall–Kier alpha value is -1.43. The molecule has 5 heteroatoms. The summed E-state index contributed by atoms with van der Waals surface area (Å²) in [5.41, 5.74) is 0. The molecule has 0 spiro atoms. The second-order valence-electron chi connectivity index (χ2n) is 14.2. The van der Waals surface area contributed by atoms with Gasteiger partial charge in [-0.15, -0.1) is 0 Å². The Morgan fingerprint density at radius 2 is 0.896 bits per heavy atom. The Bertz CT molecular complexity index is 749. The molecular weight excluding hydrogens is 594 g/mol. The van der Waals surface area contributed by atoms with Gasteiger partial charge in [-0.3, -0.25) is 4.79 Å². The van der Waals surface area contributed by atoms with Crippen LogP contribution in [0.4, 0.5) is 0 Å². The predicted octanol–water partition coefficient (Wildman–Crippen LogP) is 11.6. The SMILES string of the molecule is CCCCC/C=C\C=C/CCCCCCCCCCCCC(=O)NC(CO)C(O)C(O)CCC/C=C/CCCCCCCCCCCC. The first-order valence-electron chi connectivity index (χ1n) is 20.8. The summed E-state index contributed by atoms with van der Waals surface area (Å²) in [5, 5.41) is 33.4. The summed E-state index contributed by atoms with van der Waals surface area (Å²) < 4.78 is 0. The Balaban J connectivity index is 3.69. The lowest BCUT2D eigenvalue weighted by molar-refractivity contribution is -0.124. The summed E-state index contributed by atoms with van der Waals surface area (Å²) >= 11 is 0. The molecule has 0 aromatic rings. The highest BCUT2D eigenvalue weighted by atomic mass is 16.3. The molecule has 282 valence electrons. The minimum atomic E-state index is -1.16. The van der Waals surface area contributed by atoms with Gasteiger partial charge in [0.25, 0.3) is 0 Å². The average molecular weight is 676 g/mol. The van der Waals surface area contributed by atoms with Crippen LogP contribution < -0.4 is 5.32 Å². The van der Waals surface area contributed by atoms with Gasteiger partial charge in [0.1, 0.15) is 6.10 Å². The molecule has 0 fully saturated rings. The van der Waals surface area contributed by atoms with Crippen molar-refractivity contribution in [1.29, 1.82) is 0 Å². The van der Waals surface area contributed by atoms with E-state index in [-0.39, 0.29) is 12.5 Å². The monoisotopic (exact) mass is 676 g/mol. The maximum absolute atomic E-state index is 12.4. The molecular formula is C43H81NO4. The standard InChI is InChI=1S/C43H81NO4/c1-3-5-7-9-11-13-15-17-19-20-21-22-24-26-28-30-32-34-36-38-42(47)44-40(39-45)43(48)41(46)37-35-33-31-29-27-25-23-18-16-14-12-10-8-6-4-2/h11,13,15,17,29,31,40-41,43,45-46,48H,3-10,12,14,16,18-28,30,32-39H2,1-2H3,(H,44,47)/b13-11-,17-15-,31-29+. The largest absolute Gasteiger partial charge is 0.394 e. The first-order chi connectivity index (χ1) is 23.6. The van der Waals surface area contributed by atoms with E-state index in [9.17, 15) is 20.1 Å². The van der Waals surface area contributed by atoms with E-state index in [1.807, 2.05) is 0 Å². The molecule has 48 heavy (non-hydrogen) atoms. The van der Waals surface area contributed by atoms with E-state index in [1.54, 1.807) is 0 Å². The Kier molecular flexibility index (Phi) is 37.2. The molecule has 0 saturated heterocycles. The van der Waals surface area contributed by atoms with E-state index >= 15 is 0 Å². The molecule has 0 saturated carbocycles. The average Bonchev–Trinajstić information content (AvgIpc) is 3.09. The van der Waals surface area contributed by atoms with Gasteiger partial charge in [-0.05, 0) is 64.2 Å². The van der Waals surface area contributed by atoms with Gasteiger partial charge in [0.2, 0.25) is 5.91 Å². The highest BCUT2D eigenvalue weighted by Crippen LogP contribution is 2.14. The third-order valence-corrected chi connectivity index (χ3v) is 9.49. The third kappa shape index (κ3) is 33.1. The van der Waals surface area contributed by atoms with Gasteiger partial charge in [-0.25, -0.2) is 0 Å². The first kappa shape index (κ1) is 46.6. The first-order valence-corrected chi connectivity index (χ1v) is 20.8. The summed E-state index contributed by atoms with van der Waals surface area (Å²) in [6.07, 6.45) is 46.7. The molecule has 0 radical (unpaired) electrons. The predicted molar refractivity (Wildman–Crippen MR) is 208 cm³/mol. The molecule has 4 N–H and O–H groups in total. The maximum atomic E-state index is 12.4. The van der Waals surface area contributed by atoms with Crippen molar-refractivity contribution in [3.8, 4) is 0 Å². The highest BCUT2D eigenvalue weighted by molar-refractivity contribution is 5.76. The second-order valence-corrected chi connectivity index (χ2v) is 14.2. The van der Waals surface area contributed by atoms with E-state index in [0.29, 0.717) is 12.8 Å². The second kappa shape index (κ2) is 38.4. The van der Waals surface area contributed by atoms with Crippen LogP contribution in [0.25, 0.3) is 0 Å². The minimum absolute atomic E-state index is 0.159. The molecule has 1 amide bonds. The molecule has 3 atom stereocenters. The van der Waals surface area contributed by atoms with Crippen molar-refractivity contribution in [3.05, 3.63) is 36.5 Å². The van der Waals surface area contributed by atoms with Gasteiger partial charge in [0, 0.05) is 6.42 Å². The summed E-state index contributed by atoms with van der Waals surface area (Å²) in [4.78, 5) is 12.4. The minimum Gasteiger partial charge on any atom is -0.394 e. The normalized spacial score (nSPS) is 14.0. The van der Waals surface area contributed by atoms with E-state index in [2.05, 4.69) is 55.6 Å². The van der Waals surface area contributed by atoms with Crippen molar-refractivity contribution in [2.24, 2.45) is 0 Å². The molecule has 0 aliphatic rings. The summed E-state index contributed by atoms with van der Waals surface area (Å²) in [5.74, 6) is -0.159. The highest BCUT2D eigenvalue weighted by Gasteiger charge is 2.26. The van der Waals surface area contributed by atoms with Gasteiger partial charge in [0.05, 0.1) is 18.8 Å². The van der Waals surface area contributed by atoms with Crippen LogP contribution in [0.3, 0.4) is 0 Å². The fourth-order valence-electron chi connectivity index (χ4n) is 6.21. The zero-order valence-electron chi connectivity index (χ0n) is 31.9. The molecule has 5 nitrogen and oxygen atoms in total. The lowest BCUT2D eigenvalue weighted by atomic mass is 10.0. The summed E-state index contributed by atoms with van der Waals surface area (Å²) in [6.45, 7) is 4.13. The fourth-order valence-corrected chi connectivity index (χ4v) is 6.21. The van der Waals surface area contributed by atoms with E-state index in [0.717, 1.165) is 38.5 Å². The molecule has 0 rings (SSSR count). The van der Waals surface area contributed by atoms with Crippen LogP contribution in [0.2, 0.25) is 0 Å². The van der Waals surface area contributed by atoms with Gasteiger partial charge in [0.15, 0.2) is 0 Å². The van der Waals surface area contributed by atoms with Gasteiger partial charge in [-0.2, -0.15) is 0 Å². The summed E-state index contributed by atoms with van der Waals surface area (Å²) in [6, 6.07) is -0.826. The van der Waals surface area contributed by atoms with E-state index < -0.39 is 18.2 Å². The number of unbranched alkanes of at least 4 members (excludes halogenated alkanes) is 24. The topological polar surface area (TPSA) is 89.8 Å². The van der Waals surface area contributed by atoms with E-state index in [4.69, 9.17) is 0 Å². The zero-order valence-corrected chi connectivity index (χ0v) is 31.9. The molecule has 0 heterocycles. The number of hydrogen-bond acceptors (Lipinski definition) is 4. The smallest absolute Gasteiger partial charge is 0.220 e. The lowest BCUT2D eigenvalue weighted by Crippen LogP contribution is -2.50. The summed E-state index contributed by atoms with van der Waals surface area (Å²) in [7, 11) is 0. The number of carbonyl (C=O) groups is 1. The van der Waals surface area contributed by atoms with Gasteiger partial charge >= 0.3 is 0 Å². The van der Waals surface area contributed by atoms with Crippen molar-refractivity contribution in [3.63, 3.8) is 0 Å². The van der Waals surface area contributed by atoms with Crippen LogP contribution in [0.5, 0.6) is 0 Å². The number of nitrogens with one attached hydrogen (secondary N) is 1. The number of allylic oxidation sites excluding steroid dienone is 6. The van der Waals surface area contributed by atoms with Crippen LogP contribution in [0.1, 0.15) is 206 Å².